The molecular weight excluding hydrogens is 365 g/mol. The van der Waals surface area contributed by atoms with E-state index in [-0.39, 0.29) is 22.2 Å². The van der Waals surface area contributed by atoms with Crippen LogP contribution in [-0.4, -0.2) is 12.9 Å². The summed E-state index contributed by atoms with van der Waals surface area (Å²) in [5, 5.41) is 0. The lowest BCUT2D eigenvalue weighted by Gasteiger charge is -2.28. The molecule has 0 saturated carbocycles. The van der Waals surface area contributed by atoms with Crippen LogP contribution < -0.4 is 4.74 Å². The van der Waals surface area contributed by atoms with Crippen LogP contribution in [0.15, 0.2) is 36.4 Å². The molecule has 0 amide bonds. The zero-order valence-corrected chi connectivity index (χ0v) is 17.4. The van der Waals surface area contributed by atoms with Crippen molar-refractivity contribution >= 4 is 5.78 Å². The summed E-state index contributed by atoms with van der Waals surface area (Å²) < 4.78 is 44.1. The van der Waals surface area contributed by atoms with Crippen LogP contribution in [0.4, 0.5) is 13.2 Å². The fraction of sp³-hybridized carbons (Fsp3) is 0.435. The van der Waals surface area contributed by atoms with Gasteiger partial charge in [0, 0.05) is 11.1 Å². The number of hydrogen-bond donors (Lipinski definition) is 0. The summed E-state index contributed by atoms with van der Waals surface area (Å²) in [6.45, 7) is 12.2. The van der Waals surface area contributed by atoms with Crippen LogP contribution in [0.3, 0.4) is 0 Å². The second-order valence-corrected chi connectivity index (χ2v) is 9.01. The molecule has 2 nitrogen and oxygen atoms in total. The first kappa shape index (κ1) is 22.0. The first-order chi connectivity index (χ1) is 12.7. The van der Waals surface area contributed by atoms with Gasteiger partial charge >= 0.3 is 6.18 Å². The van der Waals surface area contributed by atoms with Gasteiger partial charge in [0.15, 0.2) is 5.78 Å². The van der Waals surface area contributed by atoms with E-state index in [1.807, 2.05) is 47.6 Å². The lowest BCUT2D eigenvalue weighted by atomic mass is 9.78. The number of alkyl halides is 3. The van der Waals surface area contributed by atoms with Gasteiger partial charge in [-0.1, -0.05) is 59.7 Å². The molecule has 0 atom stereocenters. The van der Waals surface area contributed by atoms with Crippen LogP contribution in [0.25, 0.3) is 0 Å². The number of rotatable bonds is 3. The Morgan fingerprint density at radius 1 is 0.821 bits per heavy atom. The molecule has 0 spiro atoms. The summed E-state index contributed by atoms with van der Waals surface area (Å²) in [6.07, 6.45) is -4.44. The van der Waals surface area contributed by atoms with E-state index in [1.165, 1.54) is 19.2 Å². The second kappa shape index (κ2) is 7.26. The van der Waals surface area contributed by atoms with Crippen LogP contribution in [-0.2, 0) is 17.0 Å². The van der Waals surface area contributed by atoms with Crippen molar-refractivity contribution in [1.82, 2.24) is 0 Å². The van der Waals surface area contributed by atoms with E-state index in [9.17, 15) is 18.0 Å². The Kier molecular flexibility index (Phi) is 5.71. The third-order valence-corrected chi connectivity index (χ3v) is 4.69. The van der Waals surface area contributed by atoms with Crippen molar-refractivity contribution in [2.45, 2.75) is 58.5 Å². The van der Waals surface area contributed by atoms with Crippen LogP contribution in [0.1, 0.15) is 74.2 Å². The van der Waals surface area contributed by atoms with Gasteiger partial charge in [0.2, 0.25) is 0 Å². The molecule has 0 aliphatic carbocycles. The number of hydrogen-bond acceptors (Lipinski definition) is 2. The summed E-state index contributed by atoms with van der Waals surface area (Å²) in [6, 6.07) is 8.11. The predicted molar refractivity (Wildman–Crippen MR) is 105 cm³/mol. The van der Waals surface area contributed by atoms with Crippen LogP contribution in [0.2, 0.25) is 0 Å². The number of carbonyl (C=O) groups excluding carboxylic acids is 1. The molecule has 2 aromatic carbocycles. The molecule has 2 rings (SSSR count). The normalized spacial score (nSPS) is 12.8. The molecule has 0 unspecified atom stereocenters. The van der Waals surface area contributed by atoms with E-state index >= 15 is 0 Å². The maximum Gasteiger partial charge on any atom is 0.416 e. The Bertz CT molecular complexity index is 865. The molecule has 152 valence electrons. The molecule has 0 aromatic heterocycles. The lowest BCUT2D eigenvalue weighted by Crippen LogP contribution is -2.20. The van der Waals surface area contributed by atoms with Crippen molar-refractivity contribution in [1.29, 1.82) is 0 Å². The van der Waals surface area contributed by atoms with Gasteiger partial charge in [-0.25, -0.2) is 0 Å². The van der Waals surface area contributed by atoms with Gasteiger partial charge in [0.25, 0.3) is 0 Å². The molecule has 0 N–H and O–H groups in total. The number of halogens is 3. The minimum atomic E-state index is -4.44. The van der Waals surface area contributed by atoms with Gasteiger partial charge in [-0.3, -0.25) is 4.79 Å². The first-order valence-electron chi connectivity index (χ1n) is 9.11. The van der Waals surface area contributed by atoms with E-state index in [1.54, 1.807) is 6.07 Å². The topological polar surface area (TPSA) is 26.3 Å². The SMILES string of the molecule is COc1c(C(=O)c2ccc(C(F)(F)F)cc2)cc(C(C)(C)C)cc1C(C)(C)C. The van der Waals surface area contributed by atoms with Gasteiger partial charge in [0.1, 0.15) is 5.75 Å². The molecule has 0 aliphatic heterocycles. The quantitative estimate of drug-likeness (QED) is 0.554. The number of ketones is 1. The molecular formula is C23H27F3O2. The van der Waals surface area contributed by atoms with Crippen LogP contribution in [0.5, 0.6) is 5.75 Å². The molecule has 0 radical (unpaired) electrons. The lowest BCUT2D eigenvalue weighted by molar-refractivity contribution is -0.137. The van der Waals surface area contributed by atoms with Gasteiger partial charge in [0.05, 0.1) is 18.2 Å². The summed E-state index contributed by atoms with van der Waals surface area (Å²) in [7, 11) is 1.50. The number of methoxy groups -OCH3 is 1. The number of ether oxygens (including phenoxy) is 1. The Morgan fingerprint density at radius 2 is 1.36 bits per heavy atom. The highest BCUT2D eigenvalue weighted by Gasteiger charge is 2.31. The minimum absolute atomic E-state index is 0.192. The number of carbonyl (C=O) groups is 1. The third kappa shape index (κ3) is 4.57. The molecule has 0 bridgehead atoms. The van der Waals surface area contributed by atoms with Crippen molar-refractivity contribution in [3.05, 3.63) is 64.2 Å². The second-order valence-electron chi connectivity index (χ2n) is 9.01. The third-order valence-electron chi connectivity index (χ3n) is 4.69. The molecule has 0 heterocycles. The Labute approximate surface area is 164 Å². The van der Waals surface area contributed by atoms with Gasteiger partial charge in [-0.15, -0.1) is 0 Å². The highest BCUT2D eigenvalue weighted by atomic mass is 19.4. The maximum atomic E-state index is 13.2. The van der Waals surface area contributed by atoms with Gasteiger partial charge < -0.3 is 4.74 Å². The molecule has 0 saturated heterocycles. The van der Waals surface area contributed by atoms with Crippen molar-refractivity contribution in [2.24, 2.45) is 0 Å². The monoisotopic (exact) mass is 392 g/mol. The van der Waals surface area contributed by atoms with E-state index in [0.717, 1.165) is 23.3 Å². The highest BCUT2D eigenvalue weighted by Crippen LogP contribution is 2.39. The summed E-state index contributed by atoms with van der Waals surface area (Å²) >= 11 is 0. The average molecular weight is 392 g/mol. The zero-order chi connectivity index (χ0) is 21.5. The summed E-state index contributed by atoms with van der Waals surface area (Å²) in [4.78, 5) is 13.2. The van der Waals surface area contributed by atoms with Gasteiger partial charge in [-0.05, 0) is 34.6 Å². The van der Waals surface area contributed by atoms with E-state index in [2.05, 4.69) is 0 Å². The molecule has 0 aliphatic rings. The zero-order valence-electron chi connectivity index (χ0n) is 17.4. The van der Waals surface area contributed by atoms with Crippen molar-refractivity contribution in [3.63, 3.8) is 0 Å². The molecule has 5 heteroatoms. The fourth-order valence-electron chi connectivity index (χ4n) is 2.97. The van der Waals surface area contributed by atoms with Gasteiger partial charge in [-0.2, -0.15) is 13.2 Å². The van der Waals surface area contributed by atoms with Crippen molar-refractivity contribution in [2.75, 3.05) is 7.11 Å². The Balaban J connectivity index is 2.67. The molecule has 0 fully saturated rings. The number of benzene rings is 2. The van der Waals surface area contributed by atoms with Crippen LogP contribution in [0, 0.1) is 0 Å². The average Bonchev–Trinajstić information content (AvgIpc) is 2.57. The van der Waals surface area contributed by atoms with E-state index < -0.39 is 11.7 Å². The standard InChI is InChI=1S/C23H27F3O2/c1-21(2,3)16-12-17(20(28-7)18(13-16)22(4,5)6)19(27)14-8-10-15(11-9-14)23(24,25)26/h8-13H,1-7H3. The predicted octanol–water partition coefficient (Wildman–Crippen LogP) is 6.54. The fourth-order valence-corrected chi connectivity index (χ4v) is 2.97. The minimum Gasteiger partial charge on any atom is -0.496 e. The molecule has 28 heavy (non-hydrogen) atoms. The van der Waals surface area contributed by atoms with Crippen molar-refractivity contribution in [3.8, 4) is 5.75 Å². The Morgan fingerprint density at radius 3 is 1.75 bits per heavy atom. The summed E-state index contributed by atoms with van der Waals surface area (Å²) in [5.74, 6) is 0.104. The molecule has 2 aromatic rings. The largest absolute Gasteiger partial charge is 0.496 e. The smallest absolute Gasteiger partial charge is 0.416 e. The van der Waals surface area contributed by atoms with E-state index in [0.29, 0.717) is 11.3 Å². The highest BCUT2D eigenvalue weighted by molar-refractivity contribution is 6.11. The first-order valence-corrected chi connectivity index (χ1v) is 9.11. The summed E-state index contributed by atoms with van der Waals surface area (Å²) in [5.41, 5.74) is 1.14. The van der Waals surface area contributed by atoms with E-state index in [4.69, 9.17) is 4.74 Å². The maximum absolute atomic E-state index is 13.2. The van der Waals surface area contributed by atoms with Crippen LogP contribution >= 0.6 is 0 Å². The van der Waals surface area contributed by atoms with Crippen molar-refractivity contribution < 1.29 is 22.7 Å². The Hall–Kier alpha value is -2.30.